The number of rotatable bonds is 23. The SMILES string of the molecule is NC1=NCC=C1CC1CN(c2ccccc2)CCN1c1cccc(O)c1.NC1=NCC=C1c1c(Cc2ccccc2)ncn1Cc1cccc(O)c1.Nc1cocc1Cc1c(-c2ccccc2)ncn1Cc1cccc(O)c1.Nc1nocc1Cc1c(Cc2ccccc2)ncn1Cc1cccc(O)c1.O=C1CC(=O)C(C2CN(c3ccccc3)CCN2c2cccc(O)c2)O1. The second kappa shape index (κ2) is 41.9. The Morgan fingerprint density at radius 3 is 1.41 bits per heavy atom. The van der Waals surface area contributed by atoms with Crippen LogP contribution in [0.25, 0.3) is 16.8 Å². The number of esters is 1. The van der Waals surface area contributed by atoms with Gasteiger partial charge in [-0.3, -0.25) is 19.6 Å². The van der Waals surface area contributed by atoms with E-state index in [1.807, 2.05) is 183 Å². The van der Waals surface area contributed by atoms with Crippen LogP contribution in [-0.4, -0.2) is 153 Å². The normalized spacial score (nSPS) is 15.7. The standard InChI is InChI=1S/C21H20N4O2.C21H20N4O.C21H24N4O.C21H19N3O2.C20H20N2O4/c22-21-17(13-27-24-21)11-20-19(10-15-5-2-1-3-6-15)23-14-25(20)12-16-7-4-8-18(26)9-16;22-21-18(9-10-23-21)20-19(12-15-5-2-1-3-6-15)24-14-25(20)13-16-7-4-8-17(26)11-16;22-21-16(9-10-23-21)13-19-15-24(17-5-2-1-3-6-17)11-12-25(19)18-7-4-8-20(26)14-18;22-19-13-26-12-17(19)10-20-21(16-6-2-1-3-7-16)23-14-24(20)11-15-5-4-8-18(25)9-15;23-16-8-4-7-15(11-16)22-10-9-21(14-5-2-1-3-6-14)13-17(22)20-18(24)12-19(25)26-20/h1-9,13-14,26H,10-12H2,(H2,22,24);1-9,11,14,26H,10,12-13H2,(H2,22,23);1-9,14,19,26H,10-13,15H2,(H2,22,23);1-9,12-14,25H,10-11,22H2;1-8,11,17,20,23H,9-10,12-13H2. The molecule has 131 heavy (non-hydrogen) atoms. The summed E-state index contributed by atoms with van der Waals surface area (Å²) in [6, 6.07) is 87.3. The highest BCUT2D eigenvalue weighted by Crippen LogP contribution is 2.36. The van der Waals surface area contributed by atoms with Crippen molar-refractivity contribution in [2.45, 2.75) is 76.3 Å². The van der Waals surface area contributed by atoms with Gasteiger partial charge in [0, 0.05) is 147 Å². The highest BCUT2D eigenvalue weighted by Gasteiger charge is 2.44. The van der Waals surface area contributed by atoms with Gasteiger partial charge in [0.2, 0.25) is 0 Å². The topological polar surface area (TPSA) is 379 Å². The molecule has 13 N–H and O–H groups in total. The number of aromatic hydroxyl groups is 5. The van der Waals surface area contributed by atoms with Crippen molar-refractivity contribution in [3.8, 4) is 40.0 Å². The number of nitrogens with two attached hydrogens (primary N) is 4. The molecule has 27 heteroatoms. The van der Waals surface area contributed by atoms with E-state index in [1.165, 1.54) is 16.8 Å². The zero-order valence-corrected chi connectivity index (χ0v) is 72.3. The lowest BCUT2D eigenvalue weighted by atomic mass is 10.00. The minimum atomic E-state index is -0.781. The first-order valence-corrected chi connectivity index (χ1v) is 43.4. The summed E-state index contributed by atoms with van der Waals surface area (Å²) in [5, 5.41) is 52.7. The van der Waals surface area contributed by atoms with Gasteiger partial charge in [-0.25, -0.2) is 15.0 Å². The number of phenolic OH excluding ortho intramolecular Hbond substituents is 5. The fraction of sp³-hybridized carbons (Fsp3) is 0.192. The maximum absolute atomic E-state index is 12.3. The number of benzene rings is 10. The first kappa shape index (κ1) is 88.1. The van der Waals surface area contributed by atoms with Crippen molar-refractivity contribution in [2.24, 2.45) is 21.5 Å². The summed E-state index contributed by atoms with van der Waals surface area (Å²) >= 11 is 0. The number of ketones is 1. The number of amidine groups is 2. The number of aliphatic imine (C=N–C) groups is 2. The number of carbonyl (C=O) groups is 2. The lowest BCUT2D eigenvalue weighted by molar-refractivity contribution is -0.143. The second-order valence-electron chi connectivity index (χ2n) is 32.5. The maximum atomic E-state index is 12.3. The minimum Gasteiger partial charge on any atom is -0.508 e. The Labute approximate surface area is 758 Å². The van der Waals surface area contributed by atoms with E-state index in [-0.39, 0.29) is 47.3 Å². The molecule has 5 aromatic heterocycles. The number of imidazole rings is 3. The van der Waals surface area contributed by atoms with E-state index in [9.17, 15) is 35.1 Å². The number of furan rings is 1. The largest absolute Gasteiger partial charge is 0.508 e. The van der Waals surface area contributed by atoms with Crippen LogP contribution < -0.4 is 42.5 Å². The molecule has 10 aromatic carbocycles. The molecule has 0 spiro atoms. The number of hydrogen-bond donors (Lipinski definition) is 9. The van der Waals surface area contributed by atoms with Crippen molar-refractivity contribution in [2.75, 3.05) is 83.4 Å². The van der Waals surface area contributed by atoms with Crippen LogP contribution in [0.3, 0.4) is 0 Å². The Balaban J connectivity index is 0.000000120. The highest BCUT2D eigenvalue weighted by atomic mass is 16.6. The Hall–Kier alpha value is -16.3. The summed E-state index contributed by atoms with van der Waals surface area (Å²) in [7, 11) is 0. The first-order valence-electron chi connectivity index (χ1n) is 43.4. The summed E-state index contributed by atoms with van der Waals surface area (Å²) < 4.78 is 21.8. The first-order chi connectivity index (χ1) is 63.9. The Bertz CT molecular complexity index is 6510. The molecule has 0 bridgehead atoms. The Kier molecular flexibility index (Phi) is 28.2. The van der Waals surface area contributed by atoms with Crippen molar-refractivity contribution in [3.63, 3.8) is 0 Å². The van der Waals surface area contributed by atoms with Gasteiger partial charge in [0.25, 0.3) is 0 Å². The van der Waals surface area contributed by atoms with Crippen molar-refractivity contribution in [3.05, 3.63) is 396 Å². The number of cyclic esters (lactones) is 1. The summed E-state index contributed by atoms with van der Waals surface area (Å²) in [5.74, 6) is 2.20. The van der Waals surface area contributed by atoms with Crippen LogP contribution in [0.2, 0.25) is 0 Å². The average Bonchev–Trinajstić information content (AvgIpc) is 1.64. The molecule has 3 fully saturated rings. The van der Waals surface area contributed by atoms with E-state index in [0.29, 0.717) is 87.6 Å². The van der Waals surface area contributed by atoms with E-state index in [1.54, 1.807) is 79.5 Å². The molecule has 10 heterocycles. The van der Waals surface area contributed by atoms with E-state index in [0.717, 1.165) is 141 Å². The van der Waals surface area contributed by atoms with Crippen LogP contribution in [0, 0.1) is 0 Å². The summed E-state index contributed by atoms with van der Waals surface area (Å²) in [4.78, 5) is 55.6. The molecule has 5 aliphatic rings. The van der Waals surface area contributed by atoms with Crippen LogP contribution in [0.1, 0.15) is 80.3 Å². The predicted octanol–water partition coefficient (Wildman–Crippen LogP) is 15.2. The molecule has 3 atom stereocenters. The Morgan fingerprint density at radius 1 is 0.420 bits per heavy atom. The molecule has 27 nitrogen and oxygen atoms in total. The number of para-hydroxylation sites is 2. The van der Waals surface area contributed by atoms with Gasteiger partial charge in [-0.05, 0) is 125 Å². The third-order valence-electron chi connectivity index (χ3n) is 23.5. The molecule has 0 amide bonds. The van der Waals surface area contributed by atoms with Gasteiger partial charge in [-0.2, -0.15) is 0 Å². The van der Waals surface area contributed by atoms with Gasteiger partial charge in [-0.1, -0.05) is 193 Å². The van der Waals surface area contributed by atoms with E-state index < -0.39 is 12.1 Å². The monoisotopic (exact) mass is 1750 g/mol. The van der Waals surface area contributed by atoms with Crippen molar-refractivity contribution in [1.29, 1.82) is 0 Å². The molecule has 0 aliphatic carbocycles. The van der Waals surface area contributed by atoms with Gasteiger partial charge in [0.05, 0.1) is 84.6 Å². The number of carbonyl (C=O) groups excluding carboxylic acids is 2. The molecule has 0 saturated carbocycles. The van der Waals surface area contributed by atoms with Gasteiger partial charge in [0.15, 0.2) is 17.7 Å². The number of Topliss-reactive ketones (excluding diaryl/α,β-unsaturated/α-hetero) is 1. The van der Waals surface area contributed by atoms with Crippen LogP contribution in [-0.2, 0) is 59.6 Å². The molecule has 20 rings (SSSR count). The van der Waals surface area contributed by atoms with E-state index in [4.69, 9.17) is 36.6 Å². The lowest BCUT2D eigenvalue weighted by Gasteiger charge is -2.45. The second-order valence-corrected chi connectivity index (χ2v) is 32.5. The highest BCUT2D eigenvalue weighted by molar-refractivity contribution is 6.23. The van der Waals surface area contributed by atoms with Crippen LogP contribution in [0.15, 0.2) is 347 Å². The van der Waals surface area contributed by atoms with Crippen LogP contribution in [0.5, 0.6) is 28.7 Å². The maximum Gasteiger partial charge on any atom is 0.314 e. The molecule has 15 aromatic rings. The number of aromatic nitrogens is 7. The quantitative estimate of drug-likeness (QED) is 0.0212. The molecule has 664 valence electrons. The molecular formula is C104H103N17O10. The third kappa shape index (κ3) is 22.6. The molecule has 5 aliphatic heterocycles. The number of phenols is 5. The number of nitrogen functional groups attached to an aromatic ring is 2. The minimum absolute atomic E-state index is 0.166. The van der Waals surface area contributed by atoms with Gasteiger partial charge in [0.1, 0.15) is 59.4 Å². The van der Waals surface area contributed by atoms with Gasteiger partial charge < -0.3 is 95.4 Å². The molecule has 3 unspecified atom stereocenters. The lowest BCUT2D eigenvalue weighted by Crippen LogP contribution is -2.59. The van der Waals surface area contributed by atoms with Crippen molar-refractivity contribution >= 4 is 63.3 Å². The molecule has 0 radical (unpaired) electrons. The zero-order valence-electron chi connectivity index (χ0n) is 72.3. The van der Waals surface area contributed by atoms with Gasteiger partial charge in [-0.15, -0.1) is 0 Å². The number of nitrogens with zero attached hydrogens (tertiary/aromatic N) is 13. The van der Waals surface area contributed by atoms with Crippen molar-refractivity contribution in [1.82, 2.24) is 33.8 Å². The number of anilines is 6. The third-order valence-corrected chi connectivity index (χ3v) is 23.5. The number of piperazine rings is 2. The molecular weight excluding hydrogens is 1650 g/mol. The fourth-order valence-corrected chi connectivity index (χ4v) is 17.0. The number of hydrogen-bond acceptors (Lipinski definition) is 24. The molecule has 3 saturated heterocycles. The summed E-state index contributed by atoms with van der Waals surface area (Å²) in [5.41, 5.74) is 45.2. The zero-order chi connectivity index (χ0) is 90.5. The summed E-state index contributed by atoms with van der Waals surface area (Å²) in [6.07, 6.45) is 17.0. The average molecular weight is 1750 g/mol. The smallest absolute Gasteiger partial charge is 0.314 e. The summed E-state index contributed by atoms with van der Waals surface area (Å²) in [6.45, 7) is 7.84. The van der Waals surface area contributed by atoms with Crippen LogP contribution >= 0.6 is 0 Å². The van der Waals surface area contributed by atoms with Crippen LogP contribution in [0.4, 0.5) is 34.3 Å². The van der Waals surface area contributed by atoms with E-state index in [2.05, 4.69) is 124 Å². The predicted molar refractivity (Wildman–Crippen MR) is 511 cm³/mol. The Morgan fingerprint density at radius 2 is 0.893 bits per heavy atom. The fourth-order valence-electron chi connectivity index (χ4n) is 17.0. The van der Waals surface area contributed by atoms with Gasteiger partial charge >= 0.3 is 5.97 Å². The van der Waals surface area contributed by atoms with E-state index >= 15 is 0 Å². The number of ether oxygens (including phenoxy) is 1. The van der Waals surface area contributed by atoms with Crippen molar-refractivity contribution < 1.29 is 48.8 Å².